The van der Waals surface area contributed by atoms with Crippen molar-refractivity contribution in [1.29, 1.82) is 0 Å². The van der Waals surface area contributed by atoms with Crippen molar-refractivity contribution in [3.63, 3.8) is 0 Å². The minimum atomic E-state index is 0.370. The van der Waals surface area contributed by atoms with Crippen LogP contribution >= 0.6 is 0 Å². The fourth-order valence-corrected chi connectivity index (χ4v) is 5.97. The Kier molecular flexibility index (Phi) is 4.84. The first kappa shape index (κ1) is 21.2. The first-order chi connectivity index (χ1) is 17.7. The summed E-state index contributed by atoms with van der Waals surface area (Å²) in [4.78, 5) is 2.55. The quantitative estimate of drug-likeness (QED) is 0.271. The molecular weight excluding hydrogens is 444 g/mol. The van der Waals surface area contributed by atoms with Crippen LogP contribution in [0.5, 0.6) is 11.5 Å². The third kappa shape index (κ3) is 3.38. The van der Waals surface area contributed by atoms with Gasteiger partial charge in [-0.3, -0.25) is 0 Å². The van der Waals surface area contributed by atoms with Gasteiger partial charge in [0.1, 0.15) is 5.52 Å². The SMILES string of the molecule is Cc1ccc2c(c1)Oc1cc(C)ccc1N2C1CCCC1c1ccc(-n2nnc3ccccc32)cc1. The molecule has 1 saturated carbocycles. The van der Waals surface area contributed by atoms with Crippen LogP contribution in [-0.2, 0) is 0 Å². The van der Waals surface area contributed by atoms with Gasteiger partial charge in [0.05, 0.1) is 22.6 Å². The molecule has 1 aliphatic carbocycles. The topological polar surface area (TPSA) is 43.2 Å². The zero-order chi connectivity index (χ0) is 24.2. The predicted octanol–water partition coefficient (Wildman–Crippen LogP) is 7.62. The number of rotatable bonds is 3. The van der Waals surface area contributed by atoms with E-state index in [0.29, 0.717) is 12.0 Å². The molecule has 0 saturated heterocycles. The molecule has 7 rings (SSSR count). The summed E-state index contributed by atoms with van der Waals surface area (Å²) in [5.41, 5.74) is 9.10. The van der Waals surface area contributed by atoms with Crippen LogP contribution in [0.3, 0.4) is 0 Å². The van der Waals surface area contributed by atoms with Crippen LogP contribution in [-0.4, -0.2) is 21.0 Å². The Hall–Kier alpha value is -4.12. The number of benzene rings is 4. The van der Waals surface area contributed by atoms with E-state index in [1.165, 1.54) is 40.9 Å². The molecule has 5 heteroatoms. The lowest BCUT2D eigenvalue weighted by Crippen LogP contribution is -2.35. The number of aromatic nitrogens is 3. The summed E-state index contributed by atoms with van der Waals surface area (Å²) in [5.74, 6) is 2.34. The smallest absolute Gasteiger partial charge is 0.151 e. The molecule has 0 radical (unpaired) electrons. The van der Waals surface area contributed by atoms with Crippen LogP contribution in [0.2, 0.25) is 0 Å². The van der Waals surface area contributed by atoms with Crippen LogP contribution in [0.15, 0.2) is 84.9 Å². The number of ether oxygens (including phenoxy) is 1. The van der Waals surface area contributed by atoms with Crippen molar-refractivity contribution in [2.24, 2.45) is 0 Å². The van der Waals surface area contributed by atoms with Gasteiger partial charge in [0.2, 0.25) is 0 Å². The molecule has 1 aliphatic heterocycles. The largest absolute Gasteiger partial charge is 0.453 e. The van der Waals surface area contributed by atoms with Gasteiger partial charge in [0.15, 0.2) is 11.5 Å². The van der Waals surface area contributed by atoms with Crippen molar-refractivity contribution in [2.75, 3.05) is 4.90 Å². The maximum absolute atomic E-state index is 6.40. The molecule has 2 atom stereocenters. The molecular formula is C31H28N4O. The average molecular weight is 473 g/mol. The van der Waals surface area contributed by atoms with Gasteiger partial charge in [-0.05, 0) is 91.9 Å². The van der Waals surface area contributed by atoms with E-state index in [-0.39, 0.29) is 0 Å². The van der Waals surface area contributed by atoms with Gasteiger partial charge in [0, 0.05) is 12.0 Å². The highest BCUT2D eigenvalue weighted by Crippen LogP contribution is 2.52. The lowest BCUT2D eigenvalue weighted by molar-refractivity contribution is 0.460. The molecule has 2 heterocycles. The van der Waals surface area contributed by atoms with E-state index >= 15 is 0 Å². The van der Waals surface area contributed by atoms with Crippen molar-refractivity contribution < 1.29 is 4.74 Å². The van der Waals surface area contributed by atoms with Crippen LogP contribution < -0.4 is 9.64 Å². The third-order valence-corrected chi connectivity index (χ3v) is 7.70. The molecule has 0 amide bonds. The summed E-state index contributed by atoms with van der Waals surface area (Å²) in [6.07, 6.45) is 3.54. The fraction of sp³-hybridized carbons (Fsp3) is 0.226. The van der Waals surface area contributed by atoms with E-state index in [9.17, 15) is 0 Å². The predicted molar refractivity (Wildman–Crippen MR) is 144 cm³/mol. The summed E-state index contributed by atoms with van der Waals surface area (Å²) in [6.45, 7) is 4.25. The number of aryl methyl sites for hydroxylation is 2. The molecule has 36 heavy (non-hydrogen) atoms. The highest BCUT2D eigenvalue weighted by Gasteiger charge is 2.38. The monoisotopic (exact) mass is 472 g/mol. The Bertz CT molecular complexity index is 1540. The van der Waals surface area contributed by atoms with Crippen molar-refractivity contribution in [3.8, 4) is 17.2 Å². The van der Waals surface area contributed by atoms with Crippen LogP contribution in [0, 0.1) is 13.8 Å². The summed E-state index contributed by atoms with van der Waals surface area (Å²) in [7, 11) is 0. The Morgan fingerprint density at radius 1 is 0.778 bits per heavy atom. The Morgan fingerprint density at radius 2 is 1.47 bits per heavy atom. The van der Waals surface area contributed by atoms with Gasteiger partial charge >= 0.3 is 0 Å². The number of hydrogen-bond donors (Lipinski definition) is 0. The molecule has 0 bridgehead atoms. The van der Waals surface area contributed by atoms with Crippen molar-refractivity contribution in [2.45, 2.75) is 45.1 Å². The second kappa shape index (κ2) is 8.23. The van der Waals surface area contributed by atoms with Gasteiger partial charge in [-0.2, -0.15) is 0 Å². The van der Waals surface area contributed by atoms with Crippen LogP contribution in [0.4, 0.5) is 11.4 Å². The van der Waals surface area contributed by atoms with E-state index in [2.05, 4.69) is 95.8 Å². The number of fused-ring (bicyclic) bond motifs is 3. The van der Waals surface area contributed by atoms with Gasteiger partial charge in [-0.1, -0.05) is 48.0 Å². The molecule has 1 fully saturated rings. The molecule has 2 aliphatic rings. The van der Waals surface area contributed by atoms with Gasteiger partial charge in [0.25, 0.3) is 0 Å². The number of para-hydroxylation sites is 1. The van der Waals surface area contributed by atoms with Crippen molar-refractivity contribution >= 4 is 22.4 Å². The molecule has 0 spiro atoms. The zero-order valence-electron chi connectivity index (χ0n) is 20.6. The second-order valence-electron chi connectivity index (χ2n) is 10.1. The highest BCUT2D eigenvalue weighted by molar-refractivity contribution is 5.80. The zero-order valence-corrected chi connectivity index (χ0v) is 20.6. The minimum Gasteiger partial charge on any atom is -0.453 e. The van der Waals surface area contributed by atoms with E-state index in [1.807, 2.05) is 22.9 Å². The molecule has 178 valence electrons. The maximum atomic E-state index is 6.40. The highest BCUT2D eigenvalue weighted by atomic mass is 16.5. The summed E-state index contributed by atoms with van der Waals surface area (Å²) < 4.78 is 8.33. The normalized spacial score (nSPS) is 18.7. The number of hydrogen-bond acceptors (Lipinski definition) is 4. The van der Waals surface area contributed by atoms with Crippen molar-refractivity contribution in [3.05, 3.63) is 102 Å². The first-order valence-corrected chi connectivity index (χ1v) is 12.7. The summed E-state index contributed by atoms with van der Waals surface area (Å²) in [5, 5.41) is 8.71. The lowest BCUT2D eigenvalue weighted by atomic mass is 9.91. The molecule has 4 aromatic carbocycles. The van der Waals surface area contributed by atoms with Crippen molar-refractivity contribution in [1.82, 2.24) is 15.0 Å². The third-order valence-electron chi connectivity index (χ3n) is 7.70. The standard InChI is InChI=1S/C31H28N4O/c1-20-10-16-28-30(18-20)36-31-19-21(2)11-17-29(31)34(28)26-9-5-6-24(26)22-12-14-23(15-13-22)35-27-8-4-3-7-25(27)32-33-35/h3-4,7-8,10-19,24,26H,5-6,9H2,1-2H3. The van der Waals surface area contributed by atoms with E-state index in [1.54, 1.807) is 0 Å². The first-order valence-electron chi connectivity index (χ1n) is 12.7. The van der Waals surface area contributed by atoms with Crippen LogP contribution in [0.25, 0.3) is 16.7 Å². The number of nitrogens with zero attached hydrogens (tertiary/aromatic N) is 4. The van der Waals surface area contributed by atoms with E-state index in [4.69, 9.17) is 4.74 Å². The summed E-state index contributed by atoms with van der Waals surface area (Å²) >= 11 is 0. The average Bonchev–Trinajstić information content (AvgIpc) is 3.55. The lowest BCUT2D eigenvalue weighted by Gasteiger charge is -2.40. The number of anilines is 2. The van der Waals surface area contributed by atoms with Gasteiger partial charge < -0.3 is 9.64 Å². The van der Waals surface area contributed by atoms with Crippen LogP contribution in [0.1, 0.15) is 41.9 Å². The molecule has 1 aromatic heterocycles. The Labute approximate surface area is 210 Å². The molecule has 2 unspecified atom stereocenters. The molecule has 0 N–H and O–H groups in total. The van der Waals surface area contributed by atoms with Gasteiger partial charge in [-0.15, -0.1) is 5.10 Å². The second-order valence-corrected chi connectivity index (χ2v) is 10.1. The molecule has 5 aromatic rings. The molecule has 5 nitrogen and oxygen atoms in total. The Balaban J connectivity index is 1.27. The van der Waals surface area contributed by atoms with Gasteiger partial charge in [-0.25, -0.2) is 4.68 Å². The summed E-state index contributed by atoms with van der Waals surface area (Å²) in [6, 6.07) is 30.5. The van der Waals surface area contributed by atoms with E-state index in [0.717, 1.165) is 34.6 Å². The fourth-order valence-electron chi connectivity index (χ4n) is 5.97. The van der Waals surface area contributed by atoms with E-state index < -0.39 is 0 Å². The maximum Gasteiger partial charge on any atom is 0.151 e. The Morgan fingerprint density at radius 3 is 2.19 bits per heavy atom. The minimum absolute atomic E-state index is 0.370.